The van der Waals surface area contributed by atoms with Gasteiger partial charge in [-0.15, -0.1) is 0 Å². The molecule has 3 nitrogen and oxygen atoms in total. The molecule has 0 aromatic rings. The summed E-state index contributed by atoms with van der Waals surface area (Å²) in [6.07, 6.45) is 4.88. The summed E-state index contributed by atoms with van der Waals surface area (Å²) in [6.45, 7) is 5.60. The first-order chi connectivity index (χ1) is 7.29. The van der Waals surface area contributed by atoms with Crippen molar-refractivity contribution in [2.75, 3.05) is 26.2 Å². The van der Waals surface area contributed by atoms with E-state index < -0.39 is 0 Å². The Hall–Kier alpha value is -0.410. The van der Waals surface area contributed by atoms with E-state index in [0.29, 0.717) is 24.3 Å². The highest BCUT2D eigenvalue weighted by Crippen LogP contribution is 2.30. The van der Waals surface area contributed by atoms with Crippen molar-refractivity contribution in [2.45, 2.75) is 38.7 Å². The normalized spacial score (nSPS) is 24.3. The first-order valence-electron chi connectivity index (χ1n) is 6.16. The molecule has 0 aromatic carbocycles. The van der Waals surface area contributed by atoms with Gasteiger partial charge in [-0.25, -0.2) is 0 Å². The highest BCUT2D eigenvalue weighted by atomic mass is 16.5. The van der Waals surface area contributed by atoms with Gasteiger partial charge in [-0.3, -0.25) is 9.69 Å². The first kappa shape index (κ1) is 11.1. The number of ether oxygens (including phenoxy) is 1. The van der Waals surface area contributed by atoms with Crippen molar-refractivity contribution in [1.82, 2.24) is 4.90 Å². The van der Waals surface area contributed by atoms with Gasteiger partial charge in [-0.1, -0.05) is 0 Å². The van der Waals surface area contributed by atoms with E-state index in [1.807, 2.05) is 6.92 Å². The summed E-state index contributed by atoms with van der Waals surface area (Å²) < 4.78 is 5.58. The first-order valence-corrected chi connectivity index (χ1v) is 6.16. The van der Waals surface area contributed by atoms with Crippen LogP contribution in [0, 0.1) is 5.92 Å². The predicted molar refractivity (Wildman–Crippen MR) is 58.8 cm³/mol. The van der Waals surface area contributed by atoms with E-state index in [0.717, 1.165) is 45.4 Å². The number of ketones is 1. The van der Waals surface area contributed by atoms with E-state index >= 15 is 0 Å². The van der Waals surface area contributed by atoms with Crippen LogP contribution in [0.1, 0.15) is 32.6 Å². The number of nitrogens with zero attached hydrogens (tertiary/aromatic N) is 1. The lowest BCUT2D eigenvalue weighted by Gasteiger charge is -2.31. The molecule has 1 aliphatic heterocycles. The third-order valence-electron chi connectivity index (χ3n) is 3.35. The lowest BCUT2D eigenvalue weighted by atomic mass is 10.1. The van der Waals surface area contributed by atoms with Crippen LogP contribution in [0.5, 0.6) is 0 Å². The Morgan fingerprint density at radius 3 is 2.47 bits per heavy atom. The predicted octanol–water partition coefficient (Wildman–Crippen LogP) is 1.47. The molecule has 0 N–H and O–H groups in total. The van der Waals surface area contributed by atoms with Gasteiger partial charge in [0.25, 0.3) is 0 Å². The molecule has 0 atom stereocenters. The van der Waals surface area contributed by atoms with Gasteiger partial charge >= 0.3 is 0 Å². The van der Waals surface area contributed by atoms with Gasteiger partial charge in [-0.05, 0) is 32.6 Å². The van der Waals surface area contributed by atoms with Crippen LogP contribution in [-0.4, -0.2) is 43.0 Å². The van der Waals surface area contributed by atoms with Gasteiger partial charge < -0.3 is 4.74 Å². The third-order valence-corrected chi connectivity index (χ3v) is 3.35. The molecule has 1 saturated heterocycles. The molecule has 2 aliphatic rings. The van der Waals surface area contributed by atoms with Crippen molar-refractivity contribution >= 4 is 5.78 Å². The van der Waals surface area contributed by atoms with E-state index in [-0.39, 0.29) is 0 Å². The SMILES string of the molecule is CCOC1CCN(CC(=O)C2CC2)CC1. The van der Waals surface area contributed by atoms with Crippen LogP contribution in [0.4, 0.5) is 0 Å². The summed E-state index contributed by atoms with van der Waals surface area (Å²) >= 11 is 0. The molecule has 1 heterocycles. The summed E-state index contributed by atoms with van der Waals surface area (Å²) in [7, 11) is 0. The van der Waals surface area contributed by atoms with Crippen LogP contribution in [0.2, 0.25) is 0 Å². The summed E-state index contributed by atoms with van der Waals surface area (Å²) in [5, 5.41) is 0. The van der Waals surface area contributed by atoms with Gasteiger partial charge in [0.05, 0.1) is 12.6 Å². The van der Waals surface area contributed by atoms with Crippen LogP contribution >= 0.6 is 0 Å². The number of carbonyl (C=O) groups excluding carboxylic acids is 1. The second kappa shape index (κ2) is 5.08. The van der Waals surface area contributed by atoms with Crippen molar-refractivity contribution in [3.8, 4) is 0 Å². The van der Waals surface area contributed by atoms with Crippen molar-refractivity contribution in [3.63, 3.8) is 0 Å². The van der Waals surface area contributed by atoms with E-state index in [1.54, 1.807) is 0 Å². The minimum absolute atomic E-state index is 0.412. The topological polar surface area (TPSA) is 29.5 Å². The maximum Gasteiger partial charge on any atom is 0.149 e. The van der Waals surface area contributed by atoms with Crippen LogP contribution in [0.25, 0.3) is 0 Å². The van der Waals surface area contributed by atoms with Crippen LogP contribution in [0.3, 0.4) is 0 Å². The van der Waals surface area contributed by atoms with Gasteiger partial charge in [0, 0.05) is 25.6 Å². The molecule has 0 unspecified atom stereocenters. The molecule has 15 heavy (non-hydrogen) atoms. The molecule has 2 rings (SSSR count). The zero-order valence-corrected chi connectivity index (χ0v) is 9.58. The highest BCUT2D eigenvalue weighted by molar-refractivity contribution is 5.84. The van der Waals surface area contributed by atoms with E-state index in [9.17, 15) is 4.79 Å². The molecular formula is C12H21NO2. The van der Waals surface area contributed by atoms with E-state index in [1.165, 1.54) is 0 Å². The zero-order chi connectivity index (χ0) is 10.7. The Morgan fingerprint density at radius 2 is 1.93 bits per heavy atom. The minimum atomic E-state index is 0.412. The minimum Gasteiger partial charge on any atom is -0.378 e. The van der Waals surface area contributed by atoms with Crippen LogP contribution < -0.4 is 0 Å². The van der Waals surface area contributed by atoms with Crippen LogP contribution in [-0.2, 0) is 9.53 Å². The molecule has 0 amide bonds. The third kappa shape index (κ3) is 3.28. The Labute approximate surface area is 91.8 Å². The Kier molecular flexibility index (Phi) is 3.76. The largest absolute Gasteiger partial charge is 0.378 e. The quantitative estimate of drug-likeness (QED) is 0.689. The molecule has 0 radical (unpaired) electrons. The van der Waals surface area contributed by atoms with Gasteiger partial charge in [0.1, 0.15) is 5.78 Å². The fourth-order valence-electron chi connectivity index (χ4n) is 2.22. The molecule has 1 aliphatic carbocycles. The number of rotatable bonds is 5. The van der Waals surface area contributed by atoms with Gasteiger partial charge in [0.2, 0.25) is 0 Å². The summed E-state index contributed by atoms with van der Waals surface area (Å²) in [6, 6.07) is 0. The molecule has 3 heteroatoms. The lowest BCUT2D eigenvalue weighted by Crippen LogP contribution is -2.40. The highest BCUT2D eigenvalue weighted by Gasteiger charge is 2.31. The maximum atomic E-state index is 11.6. The van der Waals surface area contributed by atoms with Crippen molar-refractivity contribution in [2.24, 2.45) is 5.92 Å². The lowest BCUT2D eigenvalue weighted by molar-refractivity contribution is -0.122. The number of hydrogen-bond donors (Lipinski definition) is 0. The Balaban J connectivity index is 1.66. The monoisotopic (exact) mass is 211 g/mol. The number of likely N-dealkylation sites (tertiary alicyclic amines) is 1. The van der Waals surface area contributed by atoms with E-state index in [4.69, 9.17) is 4.74 Å². The van der Waals surface area contributed by atoms with Gasteiger partial charge in [0.15, 0.2) is 0 Å². The average molecular weight is 211 g/mol. The standard InChI is InChI=1S/C12H21NO2/c1-2-15-11-5-7-13(8-6-11)9-12(14)10-3-4-10/h10-11H,2-9H2,1H3. The summed E-state index contributed by atoms with van der Waals surface area (Å²) in [4.78, 5) is 13.9. The van der Waals surface area contributed by atoms with Crippen molar-refractivity contribution in [3.05, 3.63) is 0 Å². The molecule has 0 aromatic heterocycles. The number of carbonyl (C=O) groups is 1. The number of piperidine rings is 1. The zero-order valence-electron chi connectivity index (χ0n) is 9.58. The van der Waals surface area contributed by atoms with Crippen LogP contribution in [0.15, 0.2) is 0 Å². The average Bonchev–Trinajstić information content (AvgIpc) is 3.04. The molecule has 0 bridgehead atoms. The second-order valence-electron chi connectivity index (χ2n) is 4.67. The fraction of sp³-hybridized carbons (Fsp3) is 0.917. The molecule has 2 fully saturated rings. The maximum absolute atomic E-state index is 11.6. The smallest absolute Gasteiger partial charge is 0.149 e. The van der Waals surface area contributed by atoms with Gasteiger partial charge in [-0.2, -0.15) is 0 Å². The number of hydrogen-bond acceptors (Lipinski definition) is 3. The Bertz CT molecular complexity index is 218. The molecular weight excluding hydrogens is 190 g/mol. The van der Waals surface area contributed by atoms with Crippen molar-refractivity contribution in [1.29, 1.82) is 0 Å². The van der Waals surface area contributed by atoms with Crippen molar-refractivity contribution < 1.29 is 9.53 Å². The number of Topliss-reactive ketones (excluding diaryl/α,β-unsaturated/α-hetero) is 1. The van der Waals surface area contributed by atoms with E-state index in [2.05, 4.69) is 4.90 Å². The molecule has 0 spiro atoms. The molecule has 1 saturated carbocycles. The Morgan fingerprint density at radius 1 is 1.27 bits per heavy atom. The molecule has 86 valence electrons. The second-order valence-corrected chi connectivity index (χ2v) is 4.67. The summed E-state index contributed by atoms with van der Waals surface area (Å²) in [5.74, 6) is 0.875. The summed E-state index contributed by atoms with van der Waals surface area (Å²) in [5.41, 5.74) is 0. The fourth-order valence-corrected chi connectivity index (χ4v) is 2.22.